The zero-order valence-electron chi connectivity index (χ0n) is 11.1. The summed E-state index contributed by atoms with van der Waals surface area (Å²) in [6.07, 6.45) is 3.89. The van der Waals surface area contributed by atoms with Gasteiger partial charge < -0.3 is 9.64 Å². The molecule has 1 rings (SSSR count). The Hall–Kier alpha value is -0.220. The molecule has 1 saturated heterocycles. The zero-order chi connectivity index (χ0) is 12.5. The van der Waals surface area contributed by atoms with Crippen molar-refractivity contribution in [3.05, 3.63) is 0 Å². The Morgan fingerprint density at radius 2 is 2.24 bits per heavy atom. The molecule has 0 spiro atoms. The Morgan fingerprint density at radius 1 is 1.41 bits per heavy atom. The van der Waals surface area contributed by atoms with E-state index in [9.17, 15) is 4.79 Å². The van der Waals surface area contributed by atoms with Crippen molar-refractivity contribution in [2.45, 2.75) is 44.8 Å². The second-order valence-electron chi connectivity index (χ2n) is 4.60. The number of carbonyl (C=O) groups excluding carboxylic acids is 1. The summed E-state index contributed by atoms with van der Waals surface area (Å²) in [5, 5.41) is 0.781. The molecule has 17 heavy (non-hydrogen) atoms. The molecular formula is C13H25NO2S. The molecule has 1 aliphatic rings. The molecule has 1 heterocycles. The van der Waals surface area contributed by atoms with E-state index in [0.717, 1.165) is 18.1 Å². The molecule has 0 saturated carbocycles. The quantitative estimate of drug-likeness (QED) is 0.519. The number of esters is 1. The Labute approximate surface area is 109 Å². The first kappa shape index (κ1) is 14.8. The van der Waals surface area contributed by atoms with Crippen LogP contribution in [0.2, 0.25) is 0 Å². The SMILES string of the molecule is CCOC(=O)CCCCCN1CCSC(C)C1. The molecule has 0 aromatic heterocycles. The van der Waals surface area contributed by atoms with Crippen LogP contribution in [0.3, 0.4) is 0 Å². The number of hydrogen-bond acceptors (Lipinski definition) is 4. The van der Waals surface area contributed by atoms with Gasteiger partial charge in [-0.25, -0.2) is 0 Å². The number of hydrogen-bond donors (Lipinski definition) is 0. The van der Waals surface area contributed by atoms with Gasteiger partial charge in [0.1, 0.15) is 0 Å². The summed E-state index contributed by atoms with van der Waals surface area (Å²) in [5.41, 5.74) is 0. The average molecular weight is 259 g/mol. The van der Waals surface area contributed by atoms with Gasteiger partial charge in [-0.1, -0.05) is 13.3 Å². The minimum atomic E-state index is -0.0458. The molecule has 100 valence electrons. The lowest BCUT2D eigenvalue weighted by Crippen LogP contribution is -2.37. The highest BCUT2D eigenvalue weighted by atomic mass is 32.2. The molecule has 0 amide bonds. The summed E-state index contributed by atoms with van der Waals surface area (Å²) in [7, 11) is 0. The maximum atomic E-state index is 11.1. The Balaban J connectivity index is 1.95. The van der Waals surface area contributed by atoms with Crippen molar-refractivity contribution >= 4 is 17.7 Å². The maximum absolute atomic E-state index is 11.1. The summed E-state index contributed by atoms with van der Waals surface area (Å²) < 4.78 is 4.90. The fraction of sp³-hybridized carbons (Fsp3) is 0.923. The van der Waals surface area contributed by atoms with Gasteiger partial charge in [-0.15, -0.1) is 0 Å². The second kappa shape index (κ2) is 8.81. The lowest BCUT2D eigenvalue weighted by molar-refractivity contribution is -0.143. The summed E-state index contributed by atoms with van der Waals surface area (Å²) in [4.78, 5) is 13.7. The fourth-order valence-corrected chi connectivity index (χ4v) is 3.19. The van der Waals surface area contributed by atoms with E-state index >= 15 is 0 Å². The molecule has 0 radical (unpaired) electrons. The number of ether oxygens (including phenoxy) is 1. The number of carbonyl (C=O) groups is 1. The van der Waals surface area contributed by atoms with Gasteiger partial charge >= 0.3 is 5.97 Å². The highest BCUT2D eigenvalue weighted by Gasteiger charge is 2.15. The highest BCUT2D eigenvalue weighted by molar-refractivity contribution is 7.99. The van der Waals surface area contributed by atoms with Gasteiger partial charge in [-0.3, -0.25) is 4.79 Å². The van der Waals surface area contributed by atoms with Gasteiger partial charge in [-0.05, 0) is 26.3 Å². The number of rotatable bonds is 7. The lowest BCUT2D eigenvalue weighted by atomic mass is 10.2. The Bertz CT molecular complexity index is 223. The molecule has 0 bridgehead atoms. The molecular weight excluding hydrogens is 234 g/mol. The van der Waals surface area contributed by atoms with Crippen molar-refractivity contribution in [3.63, 3.8) is 0 Å². The third-order valence-corrected chi connectivity index (χ3v) is 4.12. The van der Waals surface area contributed by atoms with Crippen molar-refractivity contribution in [1.29, 1.82) is 0 Å². The molecule has 0 aromatic carbocycles. The first-order chi connectivity index (χ1) is 8.22. The summed E-state index contributed by atoms with van der Waals surface area (Å²) in [6, 6.07) is 0. The maximum Gasteiger partial charge on any atom is 0.305 e. The summed E-state index contributed by atoms with van der Waals surface area (Å²) in [5.74, 6) is 1.22. The largest absolute Gasteiger partial charge is 0.466 e. The number of thioether (sulfide) groups is 1. The van der Waals surface area contributed by atoms with E-state index < -0.39 is 0 Å². The predicted octanol–water partition coefficient (Wildman–Crippen LogP) is 2.55. The third-order valence-electron chi connectivity index (χ3n) is 2.99. The van der Waals surface area contributed by atoms with Crippen LogP contribution in [-0.2, 0) is 9.53 Å². The first-order valence-electron chi connectivity index (χ1n) is 6.72. The first-order valence-corrected chi connectivity index (χ1v) is 7.76. The summed E-state index contributed by atoms with van der Waals surface area (Å²) >= 11 is 2.07. The van der Waals surface area contributed by atoms with E-state index in [0.29, 0.717) is 13.0 Å². The van der Waals surface area contributed by atoms with Crippen molar-refractivity contribution in [1.82, 2.24) is 4.90 Å². The normalized spacial score (nSPS) is 21.4. The summed E-state index contributed by atoms with van der Waals surface area (Å²) in [6.45, 7) is 8.30. The van der Waals surface area contributed by atoms with Crippen molar-refractivity contribution in [2.24, 2.45) is 0 Å². The third kappa shape index (κ3) is 6.94. The van der Waals surface area contributed by atoms with Crippen LogP contribution in [0.15, 0.2) is 0 Å². The van der Waals surface area contributed by atoms with E-state index in [1.807, 2.05) is 6.92 Å². The molecule has 0 aliphatic carbocycles. The predicted molar refractivity (Wildman–Crippen MR) is 73.5 cm³/mol. The Morgan fingerprint density at radius 3 is 2.94 bits per heavy atom. The number of nitrogens with zero attached hydrogens (tertiary/aromatic N) is 1. The smallest absolute Gasteiger partial charge is 0.305 e. The van der Waals surface area contributed by atoms with E-state index in [2.05, 4.69) is 23.6 Å². The van der Waals surface area contributed by atoms with Gasteiger partial charge in [0.05, 0.1) is 6.61 Å². The number of unbranched alkanes of at least 4 members (excludes halogenated alkanes) is 2. The van der Waals surface area contributed by atoms with Crippen LogP contribution < -0.4 is 0 Å². The monoisotopic (exact) mass is 259 g/mol. The van der Waals surface area contributed by atoms with Gasteiger partial charge in [0.25, 0.3) is 0 Å². The van der Waals surface area contributed by atoms with Crippen LogP contribution in [-0.4, -0.2) is 48.1 Å². The molecule has 4 heteroatoms. The zero-order valence-corrected chi connectivity index (χ0v) is 11.9. The molecule has 1 fully saturated rings. The standard InChI is InChI=1S/C13H25NO2S/c1-3-16-13(15)7-5-4-6-8-14-9-10-17-12(2)11-14/h12H,3-11H2,1-2H3. The van der Waals surface area contributed by atoms with Gasteiger partial charge in [0.2, 0.25) is 0 Å². The van der Waals surface area contributed by atoms with Gasteiger partial charge in [0.15, 0.2) is 0 Å². The van der Waals surface area contributed by atoms with Crippen LogP contribution in [0.5, 0.6) is 0 Å². The van der Waals surface area contributed by atoms with Crippen molar-refractivity contribution in [3.8, 4) is 0 Å². The molecule has 0 aromatic rings. The molecule has 1 aliphatic heterocycles. The van der Waals surface area contributed by atoms with Gasteiger partial charge in [0, 0.05) is 30.5 Å². The van der Waals surface area contributed by atoms with Crippen LogP contribution in [0, 0.1) is 0 Å². The topological polar surface area (TPSA) is 29.5 Å². The van der Waals surface area contributed by atoms with Crippen molar-refractivity contribution < 1.29 is 9.53 Å². The van der Waals surface area contributed by atoms with Crippen LogP contribution >= 0.6 is 11.8 Å². The van der Waals surface area contributed by atoms with Crippen LogP contribution in [0.4, 0.5) is 0 Å². The molecule has 0 N–H and O–H groups in total. The van der Waals surface area contributed by atoms with Crippen LogP contribution in [0.1, 0.15) is 39.5 Å². The van der Waals surface area contributed by atoms with E-state index in [4.69, 9.17) is 4.74 Å². The van der Waals surface area contributed by atoms with E-state index in [1.54, 1.807) is 0 Å². The lowest BCUT2D eigenvalue weighted by Gasteiger charge is -2.30. The van der Waals surface area contributed by atoms with E-state index in [1.165, 1.54) is 31.8 Å². The minimum Gasteiger partial charge on any atom is -0.466 e. The molecule has 1 unspecified atom stereocenters. The van der Waals surface area contributed by atoms with Crippen LogP contribution in [0.25, 0.3) is 0 Å². The fourth-order valence-electron chi connectivity index (χ4n) is 2.11. The minimum absolute atomic E-state index is 0.0458. The molecule has 1 atom stereocenters. The molecule has 3 nitrogen and oxygen atoms in total. The Kier molecular flexibility index (Phi) is 7.69. The average Bonchev–Trinajstić information content (AvgIpc) is 2.29. The van der Waals surface area contributed by atoms with Gasteiger partial charge in [-0.2, -0.15) is 11.8 Å². The highest BCUT2D eigenvalue weighted by Crippen LogP contribution is 2.18. The van der Waals surface area contributed by atoms with E-state index in [-0.39, 0.29) is 5.97 Å². The second-order valence-corrected chi connectivity index (χ2v) is 6.14. The van der Waals surface area contributed by atoms with Crippen molar-refractivity contribution in [2.75, 3.05) is 32.0 Å².